The molecule has 1 unspecified atom stereocenters. The second kappa shape index (κ2) is 7.13. The van der Waals surface area contributed by atoms with Gasteiger partial charge in [-0.2, -0.15) is 0 Å². The zero-order valence-electron chi connectivity index (χ0n) is 14.4. The summed E-state index contributed by atoms with van der Waals surface area (Å²) in [6.07, 6.45) is 0.781. The minimum atomic E-state index is -0.430. The van der Waals surface area contributed by atoms with E-state index in [1.54, 1.807) is 4.90 Å². The second-order valence-electron chi connectivity index (χ2n) is 6.92. The lowest BCUT2D eigenvalue weighted by atomic mass is 9.95. The summed E-state index contributed by atoms with van der Waals surface area (Å²) in [5.41, 5.74) is 1.69. The average Bonchev–Trinajstić information content (AvgIpc) is 2.53. The van der Waals surface area contributed by atoms with E-state index in [1.165, 1.54) is 5.56 Å². The summed E-state index contributed by atoms with van der Waals surface area (Å²) >= 11 is 0. The summed E-state index contributed by atoms with van der Waals surface area (Å²) in [5.74, 6) is -0.0653. The Kier molecular flexibility index (Phi) is 5.42. The van der Waals surface area contributed by atoms with Crippen LogP contribution in [-0.2, 0) is 20.7 Å². The van der Waals surface area contributed by atoms with Gasteiger partial charge in [-0.15, -0.1) is 0 Å². The predicted octanol–water partition coefficient (Wildman–Crippen LogP) is 2.14. The number of amides is 2. The fraction of sp³-hybridized carbons (Fsp3) is 0.556. The molecule has 1 N–H and O–H groups in total. The highest BCUT2D eigenvalue weighted by Crippen LogP contribution is 2.20. The van der Waals surface area contributed by atoms with Crippen LogP contribution in [0.1, 0.15) is 33.3 Å². The Morgan fingerprint density at radius 3 is 2.52 bits per heavy atom. The standard InChI is InChI=1S/C18H26N2O3/c1-5-13-6-8-14(9-7-13)20-11-15(23-12-16(20)21)10-19-17(22)18(2,3)4/h6-9,15H,5,10-12H2,1-4H3,(H,19,22). The lowest BCUT2D eigenvalue weighted by Crippen LogP contribution is -2.51. The zero-order valence-corrected chi connectivity index (χ0v) is 14.4. The molecular weight excluding hydrogens is 292 g/mol. The van der Waals surface area contributed by atoms with Gasteiger partial charge in [-0.1, -0.05) is 39.8 Å². The molecule has 1 aliphatic rings. The number of nitrogens with zero attached hydrogens (tertiary/aromatic N) is 1. The van der Waals surface area contributed by atoms with Crippen molar-refractivity contribution in [3.63, 3.8) is 0 Å². The minimum absolute atomic E-state index is 0.0168. The molecule has 2 rings (SSSR count). The zero-order chi connectivity index (χ0) is 17.0. The molecule has 0 bridgehead atoms. The average molecular weight is 318 g/mol. The molecule has 126 valence electrons. The highest BCUT2D eigenvalue weighted by molar-refractivity contribution is 5.95. The van der Waals surface area contributed by atoms with E-state index in [2.05, 4.69) is 12.2 Å². The second-order valence-corrected chi connectivity index (χ2v) is 6.92. The maximum absolute atomic E-state index is 12.1. The molecule has 0 aliphatic carbocycles. The van der Waals surface area contributed by atoms with Crippen molar-refractivity contribution in [1.82, 2.24) is 5.32 Å². The van der Waals surface area contributed by atoms with Gasteiger partial charge < -0.3 is 15.0 Å². The fourth-order valence-electron chi connectivity index (χ4n) is 2.38. The molecule has 23 heavy (non-hydrogen) atoms. The van der Waals surface area contributed by atoms with E-state index in [0.29, 0.717) is 13.1 Å². The highest BCUT2D eigenvalue weighted by Gasteiger charge is 2.29. The number of rotatable bonds is 4. The van der Waals surface area contributed by atoms with E-state index in [4.69, 9.17) is 4.74 Å². The van der Waals surface area contributed by atoms with Crippen molar-refractivity contribution in [3.8, 4) is 0 Å². The number of benzene rings is 1. The van der Waals surface area contributed by atoms with Crippen LogP contribution < -0.4 is 10.2 Å². The van der Waals surface area contributed by atoms with E-state index >= 15 is 0 Å². The predicted molar refractivity (Wildman–Crippen MR) is 90.4 cm³/mol. The first-order valence-corrected chi connectivity index (χ1v) is 8.10. The number of hydrogen-bond acceptors (Lipinski definition) is 3. The lowest BCUT2D eigenvalue weighted by molar-refractivity contribution is -0.131. The molecule has 0 spiro atoms. The summed E-state index contributed by atoms with van der Waals surface area (Å²) in [4.78, 5) is 25.8. The topological polar surface area (TPSA) is 58.6 Å². The Morgan fingerprint density at radius 2 is 1.96 bits per heavy atom. The highest BCUT2D eigenvalue weighted by atomic mass is 16.5. The SMILES string of the molecule is CCc1ccc(N2CC(CNC(=O)C(C)(C)C)OCC2=O)cc1. The normalized spacial score (nSPS) is 18.9. The monoisotopic (exact) mass is 318 g/mol. The van der Waals surface area contributed by atoms with Crippen molar-refractivity contribution in [3.05, 3.63) is 29.8 Å². The minimum Gasteiger partial charge on any atom is -0.365 e. The van der Waals surface area contributed by atoms with Crippen LogP contribution in [0.15, 0.2) is 24.3 Å². The Balaban J connectivity index is 1.98. The summed E-state index contributed by atoms with van der Waals surface area (Å²) in [5, 5.41) is 2.90. The van der Waals surface area contributed by atoms with E-state index in [9.17, 15) is 9.59 Å². The van der Waals surface area contributed by atoms with Crippen molar-refractivity contribution >= 4 is 17.5 Å². The molecule has 1 fully saturated rings. The third-order valence-corrected chi connectivity index (χ3v) is 3.96. The number of carbonyl (C=O) groups excluding carboxylic acids is 2. The van der Waals surface area contributed by atoms with Crippen LogP contribution in [0.2, 0.25) is 0 Å². The summed E-state index contributed by atoms with van der Waals surface area (Å²) < 4.78 is 5.54. The Bertz CT molecular complexity index is 561. The number of aryl methyl sites for hydroxylation is 1. The number of ether oxygens (including phenoxy) is 1. The Hall–Kier alpha value is -1.88. The number of hydrogen-bond donors (Lipinski definition) is 1. The van der Waals surface area contributed by atoms with Crippen LogP contribution >= 0.6 is 0 Å². The van der Waals surface area contributed by atoms with Crippen molar-refractivity contribution < 1.29 is 14.3 Å². The smallest absolute Gasteiger partial charge is 0.253 e. The maximum atomic E-state index is 12.1. The van der Waals surface area contributed by atoms with Crippen LogP contribution in [0.5, 0.6) is 0 Å². The van der Waals surface area contributed by atoms with Gasteiger partial charge in [-0.05, 0) is 24.1 Å². The summed E-state index contributed by atoms with van der Waals surface area (Å²) in [6.45, 7) is 8.62. The van der Waals surface area contributed by atoms with Crippen LogP contribution in [-0.4, -0.2) is 37.6 Å². The van der Waals surface area contributed by atoms with Crippen molar-refractivity contribution in [2.24, 2.45) is 5.41 Å². The first kappa shape index (κ1) is 17.5. The quantitative estimate of drug-likeness (QED) is 0.925. The van der Waals surface area contributed by atoms with E-state index < -0.39 is 5.41 Å². The largest absolute Gasteiger partial charge is 0.365 e. The number of anilines is 1. The Morgan fingerprint density at radius 1 is 1.30 bits per heavy atom. The molecule has 1 heterocycles. The van der Waals surface area contributed by atoms with Gasteiger partial charge in [-0.25, -0.2) is 0 Å². The third kappa shape index (κ3) is 4.55. The van der Waals surface area contributed by atoms with E-state index in [0.717, 1.165) is 12.1 Å². The number of carbonyl (C=O) groups is 2. The lowest BCUT2D eigenvalue weighted by Gasteiger charge is -2.33. The fourth-order valence-corrected chi connectivity index (χ4v) is 2.38. The van der Waals surface area contributed by atoms with Crippen molar-refractivity contribution in [1.29, 1.82) is 0 Å². The van der Waals surface area contributed by atoms with Crippen LogP contribution in [0.3, 0.4) is 0 Å². The van der Waals surface area contributed by atoms with Gasteiger partial charge >= 0.3 is 0 Å². The molecule has 1 atom stereocenters. The van der Waals surface area contributed by atoms with Gasteiger partial charge in [0.2, 0.25) is 5.91 Å². The van der Waals surface area contributed by atoms with Gasteiger partial charge in [0.1, 0.15) is 6.61 Å². The molecule has 1 aromatic rings. The van der Waals surface area contributed by atoms with Gasteiger partial charge in [0.05, 0.1) is 12.6 Å². The first-order chi connectivity index (χ1) is 10.8. The molecule has 5 heteroatoms. The molecule has 0 saturated carbocycles. The van der Waals surface area contributed by atoms with Gasteiger partial charge in [0.15, 0.2) is 0 Å². The summed E-state index contributed by atoms with van der Waals surface area (Å²) in [6, 6.07) is 8.00. The van der Waals surface area contributed by atoms with Crippen LogP contribution in [0.4, 0.5) is 5.69 Å². The van der Waals surface area contributed by atoms with Crippen molar-refractivity contribution in [2.45, 2.75) is 40.2 Å². The maximum Gasteiger partial charge on any atom is 0.253 e. The van der Waals surface area contributed by atoms with Crippen LogP contribution in [0.25, 0.3) is 0 Å². The van der Waals surface area contributed by atoms with Gasteiger partial charge in [0, 0.05) is 17.6 Å². The Labute approximate surface area is 138 Å². The first-order valence-electron chi connectivity index (χ1n) is 8.10. The van der Waals surface area contributed by atoms with E-state index in [-0.39, 0.29) is 24.5 Å². The van der Waals surface area contributed by atoms with Gasteiger partial charge in [0.25, 0.3) is 5.91 Å². The number of nitrogens with one attached hydrogen (secondary N) is 1. The van der Waals surface area contributed by atoms with Crippen LogP contribution in [0, 0.1) is 5.41 Å². The van der Waals surface area contributed by atoms with Crippen molar-refractivity contribution in [2.75, 3.05) is 24.6 Å². The third-order valence-electron chi connectivity index (χ3n) is 3.96. The molecule has 5 nitrogen and oxygen atoms in total. The number of morpholine rings is 1. The van der Waals surface area contributed by atoms with Gasteiger partial charge in [-0.3, -0.25) is 9.59 Å². The molecule has 0 radical (unpaired) electrons. The molecule has 0 aromatic heterocycles. The van der Waals surface area contributed by atoms with E-state index in [1.807, 2.05) is 45.0 Å². The molecule has 1 saturated heterocycles. The molecule has 1 aromatic carbocycles. The molecule has 2 amide bonds. The molecule has 1 aliphatic heterocycles. The molecular formula is C18H26N2O3. The summed E-state index contributed by atoms with van der Waals surface area (Å²) in [7, 11) is 0.